The number of ether oxygens (including phenoxy) is 1. The Balaban J connectivity index is 2.43. The van der Waals surface area contributed by atoms with Crippen molar-refractivity contribution in [3.63, 3.8) is 0 Å². The number of ketones is 1. The van der Waals surface area contributed by atoms with Crippen molar-refractivity contribution in [2.24, 2.45) is 0 Å². The normalized spacial score (nSPS) is 23.9. The first-order chi connectivity index (χ1) is 7.73. The van der Waals surface area contributed by atoms with Gasteiger partial charge in [-0.1, -0.05) is 30.3 Å². The fourth-order valence-corrected chi connectivity index (χ4v) is 2.36. The molecule has 0 radical (unpaired) electrons. The van der Waals surface area contributed by atoms with Crippen LogP contribution in [0.25, 0.3) is 0 Å². The summed E-state index contributed by atoms with van der Waals surface area (Å²) in [5, 5.41) is 0. The topological polar surface area (TPSA) is 26.3 Å². The van der Waals surface area contributed by atoms with Crippen molar-refractivity contribution < 1.29 is 9.53 Å². The molecule has 1 aliphatic rings. The van der Waals surface area contributed by atoms with E-state index in [1.165, 1.54) is 0 Å². The molecule has 0 fully saturated rings. The maximum absolute atomic E-state index is 12.4. The van der Waals surface area contributed by atoms with Crippen LogP contribution in [-0.4, -0.2) is 18.5 Å². The first kappa shape index (κ1) is 11.1. The van der Waals surface area contributed by atoms with E-state index in [1.54, 1.807) is 13.2 Å². The van der Waals surface area contributed by atoms with Gasteiger partial charge in [-0.3, -0.25) is 4.79 Å². The highest BCUT2D eigenvalue weighted by atomic mass is 16.5. The Morgan fingerprint density at radius 1 is 1.50 bits per heavy atom. The van der Waals surface area contributed by atoms with E-state index in [1.807, 2.05) is 24.3 Å². The predicted octanol–water partition coefficient (Wildman–Crippen LogP) is 2.78. The van der Waals surface area contributed by atoms with Crippen molar-refractivity contribution in [2.75, 3.05) is 7.11 Å². The standard InChI is InChI=1S/C14H16O2/c1-3-9-14(16-2)10-8-11-6-4-5-7-12(11)13(14)15/h3-7H,1,8-10H2,2H3. The van der Waals surface area contributed by atoms with Crippen molar-refractivity contribution in [2.45, 2.75) is 24.9 Å². The summed E-state index contributed by atoms with van der Waals surface area (Å²) in [4.78, 5) is 12.4. The van der Waals surface area contributed by atoms with Crippen LogP contribution in [0.15, 0.2) is 36.9 Å². The van der Waals surface area contributed by atoms with Gasteiger partial charge in [0.15, 0.2) is 5.78 Å². The number of hydrogen-bond acceptors (Lipinski definition) is 2. The second-order valence-corrected chi connectivity index (χ2v) is 4.18. The molecule has 0 bridgehead atoms. The number of Topliss-reactive ketones (excluding diaryl/α,β-unsaturated/α-hetero) is 1. The van der Waals surface area contributed by atoms with Crippen LogP contribution in [-0.2, 0) is 11.2 Å². The Kier molecular flexibility index (Phi) is 2.92. The van der Waals surface area contributed by atoms with E-state index in [0.29, 0.717) is 6.42 Å². The zero-order valence-corrected chi connectivity index (χ0v) is 9.53. The first-order valence-corrected chi connectivity index (χ1v) is 5.52. The van der Waals surface area contributed by atoms with Gasteiger partial charge in [0, 0.05) is 19.1 Å². The summed E-state index contributed by atoms with van der Waals surface area (Å²) in [6.07, 6.45) is 3.97. The molecule has 0 saturated heterocycles. The van der Waals surface area contributed by atoms with Crippen LogP contribution in [0.3, 0.4) is 0 Å². The second kappa shape index (κ2) is 4.22. The van der Waals surface area contributed by atoms with E-state index in [4.69, 9.17) is 4.74 Å². The molecule has 0 amide bonds. The van der Waals surface area contributed by atoms with Crippen molar-refractivity contribution in [1.29, 1.82) is 0 Å². The monoisotopic (exact) mass is 216 g/mol. The third kappa shape index (κ3) is 1.59. The van der Waals surface area contributed by atoms with Crippen LogP contribution in [0.2, 0.25) is 0 Å². The molecule has 1 unspecified atom stereocenters. The summed E-state index contributed by atoms with van der Waals surface area (Å²) in [6.45, 7) is 3.71. The summed E-state index contributed by atoms with van der Waals surface area (Å²) in [5.74, 6) is 0.0942. The average molecular weight is 216 g/mol. The molecule has 1 aromatic rings. The van der Waals surface area contributed by atoms with Crippen molar-refractivity contribution >= 4 is 5.78 Å². The van der Waals surface area contributed by atoms with Crippen LogP contribution in [0.1, 0.15) is 28.8 Å². The highest BCUT2D eigenvalue weighted by Crippen LogP contribution is 2.33. The minimum Gasteiger partial charge on any atom is -0.370 e. The van der Waals surface area contributed by atoms with Crippen molar-refractivity contribution in [1.82, 2.24) is 0 Å². The highest BCUT2D eigenvalue weighted by molar-refractivity contribution is 6.04. The molecule has 2 rings (SSSR count). The summed E-state index contributed by atoms with van der Waals surface area (Å²) >= 11 is 0. The number of methoxy groups -OCH3 is 1. The molecule has 2 heteroatoms. The molecular formula is C14H16O2. The van der Waals surface area contributed by atoms with E-state index < -0.39 is 5.60 Å². The molecule has 0 spiro atoms. The third-order valence-corrected chi connectivity index (χ3v) is 3.34. The van der Waals surface area contributed by atoms with Gasteiger partial charge in [-0.2, -0.15) is 0 Å². The van der Waals surface area contributed by atoms with Gasteiger partial charge < -0.3 is 4.74 Å². The molecule has 0 aliphatic heterocycles. The molecule has 0 N–H and O–H groups in total. The lowest BCUT2D eigenvalue weighted by Gasteiger charge is -2.34. The number of benzene rings is 1. The van der Waals surface area contributed by atoms with Gasteiger partial charge in [0.25, 0.3) is 0 Å². The third-order valence-electron chi connectivity index (χ3n) is 3.34. The Bertz CT molecular complexity index is 422. The number of carbonyl (C=O) groups excluding carboxylic acids is 1. The van der Waals surface area contributed by atoms with E-state index in [2.05, 4.69) is 6.58 Å². The van der Waals surface area contributed by atoms with E-state index in [0.717, 1.165) is 24.0 Å². The lowest BCUT2D eigenvalue weighted by molar-refractivity contribution is -0.00399. The maximum atomic E-state index is 12.4. The van der Waals surface area contributed by atoms with Crippen molar-refractivity contribution in [3.05, 3.63) is 48.0 Å². The lowest BCUT2D eigenvalue weighted by Crippen LogP contribution is -2.44. The summed E-state index contributed by atoms with van der Waals surface area (Å²) < 4.78 is 5.47. The first-order valence-electron chi connectivity index (χ1n) is 5.52. The van der Waals surface area contributed by atoms with Gasteiger partial charge in [-0.25, -0.2) is 0 Å². The van der Waals surface area contributed by atoms with E-state index >= 15 is 0 Å². The zero-order valence-electron chi connectivity index (χ0n) is 9.53. The Morgan fingerprint density at radius 3 is 2.94 bits per heavy atom. The average Bonchev–Trinajstić information content (AvgIpc) is 2.33. The van der Waals surface area contributed by atoms with Gasteiger partial charge in [0.05, 0.1) is 0 Å². The van der Waals surface area contributed by atoms with Gasteiger partial charge in [-0.15, -0.1) is 6.58 Å². The second-order valence-electron chi connectivity index (χ2n) is 4.18. The van der Waals surface area contributed by atoms with E-state index in [9.17, 15) is 4.79 Å². The molecule has 0 aromatic heterocycles. The quantitative estimate of drug-likeness (QED) is 0.726. The smallest absolute Gasteiger partial charge is 0.195 e. The molecule has 2 nitrogen and oxygen atoms in total. The molecule has 1 aliphatic carbocycles. The number of carbonyl (C=O) groups is 1. The number of rotatable bonds is 3. The number of hydrogen-bond donors (Lipinski definition) is 0. The minimum atomic E-state index is -0.684. The fraction of sp³-hybridized carbons (Fsp3) is 0.357. The highest BCUT2D eigenvalue weighted by Gasteiger charge is 2.41. The number of aryl methyl sites for hydroxylation is 1. The lowest BCUT2D eigenvalue weighted by atomic mass is 9.77. The van der Waals surface area contributed by atoms with Crippen LogP contribution >= 0.6 is 0 Å². The minimum absolute atomic E-state index is 0.0942. The zero-order chi connectivity index (χ0) is 11.6. The van der Waals surface area contributed by atoms with Gasteiger partial charge >= 0.3 is 0 Å². The number of fused-ring (bicyclic) bond motifs is 1. The van der Waals surface area contributed by atoms with Crippen LogP contribution < -0.4 is 0 Å². The summed E-state index contributed by atoms with van der Waals surface area (Å²) in [7, 11) is 1.61. The Labute approximate surface area is 95.9 Å². The summed E-state index contributed by atoms with van der Waals surface area (Å²) in [5.41, 5.74) is 1.25. The predicted molar refractivity (Wildman–Crippen MR) is 63.6 cm³/mol. The van der Waals surface area contributed by atoms with Gasteiger partial charge in [0.2, 0.25) is 0 Å². The molecule has 0 heterocycles. The molecule has 84 valence electrons. The summed E-state index contributed by atoms with van der Waals surface area (Å²) in [6, 6.07) is 7.77. The molecule has 0 saturated carbocycles. The molecular weight excluding hydrogens is 200 g/mol. The van der Waals surface area contributed by atoms with Crippen LogP contribution in [0.5, 0.6) is 0 Å². The van der Waals surface area contributed by atoms with Gasteiger partial charge in [0.1, 0.15) is 5.60 Å². The van der Waals surface area contributed by atoms with Crippen molar-refractivity contribution in [3.8, 4) is 0 Å². The Hall–Kier alpha value is -1.41. The largest absolute Gasteiger partial charge is 0.370 e. The Morgan fingerprint density at radius 2 is 2.25 bits per heavy atom. The molecule has 1 aromatic carbocycles. The SMILES string of the molecule is C=CCC1(OC)CCc2ccccc2C1=O. The molecule has 16 heavy (non-hydrogen) atoms. The molecule has 1 atom stereocenters. The maximum Gasteiger partial charge on any atom is 0.195 e. The fourth-order valence-electron chi connectivity index (χ4n) is 2.36. The van der Waals surface area contributed by atoms with Crippen LogP contribution in [0.4, 0.5) is 0 Å². The van der Waals surface area contributed by atoms with Crippen LogP contribution in [0, 0.1) is 0 Å². The van der Waals surface area contributed by atoms with E-state index in [-0.39, 0.29) is 5.78 Å². The van der Waals surface area contributed by atoms with Gasteiger partial charge in [-0.05, 0) is 18.4 Å².